The maximum absolute atomic E-state index is 12.3. The zero-order valence-electron chi connectivity index (χ0n) is 13.3. The second kappa shape index (κ2) is 6.39. The van der Waals surface area contributed by atoms with Crippen molar-refractivity contribution in [3.8, 4) is 0 Å². The minimum Gasteiger partial charge on any atom is -0.444 e. The minimum atomic E-state index is -0.442. The van der Waals surface area contributed by atoms with Crippen molar-refractivity contribution < 1.29 is 9.53 Å². The molecular weight excluding hydrogens is 330 g/mol. The Morgan fingerprint density at radius 1 is 1.43 bits per heavy atom. The highest BCUT2D eigenvalue weighted by Crippen LogP contribution is 2.27. The van der Waals surface area contributed by atoms with Crippen molar-refractivity contribution in [1.82, 2.24) is 4.90 Å². The molecule has 0 unspecified atom stereocenters. The topological polar surface area (TPSA) is 29.5 Å². The van der Waals surface area contributed by atoms with Crippen molar-refractivity contribution in [3.05, 3.63) is 34.9 Å². The van der Waals surface area contributed by atoms with E-state index < -0.39 is 5.60 Å². The van der Waals surface area contributed by atoms with Gasteiger partial charge in [0.15, 0.2) is 0 Å². The van der Waals surface area contributed by atoms with E-state index in [0.29, 0.717) is 5.92 Å². The van der Waals surface area contributed by atoms with Gasteiger partial charge in [-0.1, -0.05) is 41.1 Å². The van der Waals surface area contributed by atoms with Gasteiger partial charge in [0.1, 0.15) is 5.60 Å². The minimum absolute atomic E-state index is 0.206. The number of hydrogen-bond donors (Lipinski definition) is 0. The lowest BCUT2D eigenvalue weighted by Gasteiger charge is -2.27. The third-order valence-electron chi connectivity index (χ3n) is 3.69. The molecule has 0 radical (unpaired) electrons. The van der Waals surface area contributed by atoms with Gasteiger partial charge in [0.25, 0.3) is 0 Å². The highest BCUT2D eigenvalue weighted by atomic mass is 79.9. The van der Waals surface area contributed by atoms with Crippen LogP contribution < -0.4 is 0 Å². The molecule has 1 aliphatic rings. The number of nitrogens with zero attached hydrogens (tertiary/aromatic N) is 1. The average molecular weight is 354 g/mol. The zero-order valence-corrected chi connectivity index (χ0v) is 14.9. The quantitative estimate of drug-likeness (QED) is 0.696. The lowest BCUT2D eigenvalue weighted by molar-refractivity contribution is 0.0248. The summed E-state index contributed by atoms with van der Waals surface area (Å²) < 4.78 is 5.50. The summed E-state index contributed by atoms with van der Waals surface area (Å²) in [4.78, 5) is 14.1. The Labute approximate surface area is 135 Å². The summed E-state index contributed by atoms with van der Waals surface area (Å²) >= 11 is 3.50. The maximum atomic E-state index is 12.3. The average Bonchev–Trinajstić information content (AvgIpc) is 2.56. The van der Waals surface area contributed by atoms with Gasteiger partial charge in [-0.15, -0.1) is 0 Å². The number of hydrogen-bond acceptors (Lipinski definition) is 2. The number of carbonyl (C=O) groups excluding carboxylic acids is 1. The van der Waals surface area contributed by atoms with Crippen molar-refractivity contribution >= 4 is 22.0 Å². The summed E-state index contributed by atoms with van der Waals surface area (Å²) in [6.45, 7) is 9.33. The van der Waals surface area contributed by atoms with Gasteiger partial charge >= 0.3 is 6.09 Å². The van der Waals surface area contributed by atoms with Crippen LogP contribution in [0.15, 0.2) is 18.2 Å². The van der Waals surface area contributed by atoms with Gasteiger partial charge in [-0.25, -0.2) is 4.79 Å². The van der Waals surface area contributed by atoms with Gasteiger partial charge in [0.2, 0.25) is 0 Å². The summed E-state index contributed by atoms with van der Waals surface area (Å²) in [5.41, 5.74) is 3.55. The number of ether oxygens (including phenoxy) is 1. The molecule has 0 fully saturated rings. The molecule has 1 amide bonds. The molecule has 1 aromatic carbocycles. The van der Waals surface area contributed by atoms with E-state index in [9.17, 15) is 4.79 Å². The van der Waals surface area contributed by atoms with Crippen LogP contribution in [-0.4, -0.2) is 29.7 Å². The number of alkyl halides is 1. The van der Waals surface area contributed by atoms with Crippen LogP contribution in [0.1, 0.15) is 50.3 Å². The first-order valence-electron chi connectivity index (χ1n) is 7.46. The van der Waals surface area contributed by atoms with Gasteiger partial charge in [-0.2, -0.15) is 0 Å². The first kappa shape index (κ1) is 16.3. The largest absolute Gasteiger partial charge is 0.444 e. The van der Waals surface area contributed by atoms with Gasteiger partial charge in [0, 0.05) is 18.4 Å². The zero-order chi connectivity index (χ0) is 15.6. The van der Waals surface area contributed by atoms with Crippen LogP contribution in [0.3, 0.4) is 0 Å². The summed E-state index contributed by atoms with van der Waals surface area (Å²) in [7, 11) is 0. The number of carbonyl (C=O) groups is 1. The Balaban J connectivity index is 2.15. The number of fused-ring (bicyclic) bond motifs is 1. The van der Waals surface area contributed by atoms with Crippen LogP contribution in [0.2, 0.25) is 0 Å². The number of amides is 1. The lowest BCUT2D eigenvalue weighted by Crippen LogP contribution is -2.38. The highest BCUT2D eigenvalue weighted by Gasteiger charge is 2.27. The van der Waals surface area contributed by atoms with E-state index >= 15 is 0 Å². The fourth-order valence-corrected chi connectivity index (χ4v) is 3.06. The first-order chi connectivity index (χ1) is 9.80. The van der Waals surface area contributed by atoms with E-state index in [0.717, 1.165) is 24.8 Å². The third kappa shape index (κ3) is 4.22. The SMILES string of the molecule is C[C@@H]1CN(C(=O)OC(C)(C)C)CCc2cc(CBr)ccc21. The van der Waals surface area contributed by atoms with Gasteiger partial charge in [0.05, 0.1) is 0 Å². The predicted molar refractivity (Wildman–Crippen MR) is 89.0 cm³/mol. The Hall–Kier alpha value is -1.03. The molecule has 0 aliphatic carbocycles. The number of rotatable bonds is 1. The normalized spacial score (nSPS) is 18.9. The molecule has 3 nitrogen and oxygen atoms in total. The summed E-state index contributed by atoms with van der Waals surface area (Å²) in [6.07, 6.45) is 0.683. The Morgan fingerprint density at radius 3 is 2.76 bits per heavy atom. The van der Waals surface area contributed by atoms with Gasteiger partial charge in [-0.3, -0.25) is 0 Å². The molecule has 2 rings (SSSR count). The van der Waals surface area contributed by atoms with Crippen molar-refractivity contribution in [2.45, 2.75) is 51.0 Å². The molecule has 0 saturated heterocycles. The fourth-order valence-electron chi connectivity index (χ4n) is 2.71. The van der Waals surface area contributed by atoms with E-state index in [-0.39, 0.29) is 6.09 Å². The van der Waals surface area contributed by atoms with E-state index in [1.54, 1.807) is 0 Å². The Morgan fingerprint density at radius 2 is 2.14 bits per heavy atom. The van der Waals surface area contributed by atoms with E-state index in [1.165, 1.54) is 16.7 Å². The van der Waals surface area contributed by atoms with Crippen LogP contribution in [0.4, 0.5) is 4.79 Å². The molecule has 21 heavy (non-hydrogen) atoms. The third-order valence-corrected chi connectivity index (χ3v) is 4.34. The van der Waals surface area contributed by atoms with Gasteiger partial charge < -0.3 is 9.64 Å². The summed E-state index contributed by atoms with van der Waals surface area (Å²) in [5.74, 6) is 0.333. The van der Waals surface area contributed by atoms with Crippen molar-refractivity contribution in [2.24, 2.45) is 0 Å². The van der Waals surface area contributed by atoms with E-state index in [1.807, 2.05) is 25.7 Å². The molecular formula is C17H24BrNO2. The second-order valence-electron chi connectivity index (χ2n) is 6.74. The Kier molecular flexibility index (Phi) is 4.97. The molecule has 0 spiro atoms. The van der Waals surface area contributed by atoms with Crippen LogP contribution in [0, 0.1) is 0 Å². The standard InChI is InChI=1S/C17H24BrNO2/c1-12-11-19(16(20)21-17(2,3)4)8-7-14-9-13(10-18)5-6-15(12)14/h5-6,9,12H,7-8,10-11H2,1-4H3/t12-/m1/s1. The number of benzene rings is 1. The summed E-state index contributed by atoms with van der Waals surface area (Å²) in [6, 6.07) is 6.61. The molecule has 0 saturated carbocycles. The monoisotopic (exact) mass is 353 g/mol. The molecule has 0 bridgehead atoms. The molecule has 116 valence electrons. The smallest absolute Gasteiger partial charge is 0.410 e. The maximum Gasteiger partial charge on any atom is 0.410 e. The number of halogens is 1. The molecule has 1 atom stereocenters. The molecule has 0 N–H and O–H groups in total. The lowest BCUT2D eigenvalue weighted by atomic mass is 9.94. The Bertz CT molecular complexity index is 522. The molecule has 4 heteroatoms. The van der Waals surface area contributed by atoms with Crippen molar-refractivity contribution in [3.63, 3.8) is 0 Å². The van der Waals surface area contributed by atoms with Crippen LogP contribution in [0.5, 0.6) is 0 Å². The second-order valence-corrected chi connectivity index (χ2v) is 7.30. The first-order valence-corrected chi connectivity index (χ1v) is 8.58. The highest BCUT2D eigenvalue weighted by molar-refractivity contribution is 9.08. The molecule has 1 aliphatic heterocycles. The predicted octanol–water partition coefficient (Wildman–Crippen LogP) is 4.48. The van der Waals surface area contributed by atoms with Crippen molar-refractivity contribution in [1.29, 1.82) is 0 Å². The summed E-state index contributed by atoms with van der Waals surface area (Å²) in [5, 5.41) is 0.866. The van der Waals surface area contributed by atoms with Crippen LogP contribution >= 0.6 is 15.9 Å². The van der Waals surface area contributed by atoms with Crippen molar-refractivity contribution in [2.75, 3.05) is 13.1 Å². The van der Waals surface area contributed by atoms with Crippen LogP contribution in [0.25, 0.3) is 0 Å². The van der Waals surface area contributed by atoms with E-state index in [2.05, 4.69) is 41.1 Å². The molecule has 1 aromatic rings. The van der Waals surface area contributed by atoms with E-state index in [4.69, 9.17) is 4.74 Å². The fraction of sp³-hybridized carbons (Fsp3) is 0.588. The van der Waals surface area contributed by atoms with Crippen LogP contribution in [-0.2, 0) is 16.5 Å². The molecule has 1 heterocycles. The van der Waals surface area contributed by atoms with Gasteiger partial charge in [-0.05, 0) is 49.8 Å². The molecule has 0 aromatic heterocycles.